The van der Waals surface area contributed by atoms with E-state index in [1.165, 1.54) is 49.9 Å². The fourth-order valence-electron chi connectivity index (χ4n) is 2.88. The van der Waals surface area contributed by atoms with E-state index < -0.39 is 0 Å². The third-order valence-electron chi connectivity index (χ3n) is 3.96. The summed E-state index contributed by atoms with van der Waals surface area (Å²) in [6, 6.07) is 2.27. The lowest BCUT2D eigenvalue weighted by molar-refractivity contribution is -0.380. The summed E-state index contributed by atoms with van der Waals surface area (Å²) in [6.45, 7) is 3.02. The molecule has 0 spiro atoms. The lowest BCUT2D eigenvalue weighted by Crippen LogP contribution is -2.32. The molecule has 0 amide bonds. The van der Waals surface area contributed by atoms with Crippen LogP contribution in [0.3, 0.4) is 0 Å². The Morgan fingerprint density at radius 1 is 1.42 bits per heavy atom. The van der Waals surface area contributed by atoms with Gasteiger partial charge >= 0.3 is 5.00 Å². The molecule has 106 valence electrons. The molecule has 19 heavy (non-hydrogen) atoms. The average molecular weight is 282 g/mol. The zero-order valence-electron chi connectivity index (χ0n) is 11.4. The second-order valence-electron chi connectivity index (χ2n) is 5.44. The summed E-state index contributed by atoms with van der Waals surface area (Å²) in [6.07, 6.45) is 7.81. The highest BCUT2D eigenvalue weighted by atomic mass is 32.1. The Morgan fingerprint density at radius 3 is 2.74 bits per heavy atom. The van der Waals surface area contributed by atoms with Gasteiger partial charge in [-0.05, 0) is 37.2 Å². The first-order chi connectivity index (χ1) is 9.19. The van der Waals surface area contributed by atoms with Crippen LogP contribution in [0.2, 0.25) is 0 Å². The van der Waals surface area contributed by atoms with Gasteiger partial charge in [0.2, 0.25) is 0 Å². The molecule has 0 aromatic carbocycles. The van der Waals surface area contributed by atoms with E-state index in [2.05, 4.69) is 12.2 Å². The Morgan fingerprint density at radius 2 is 2.16 bits per heavy atom. The Bertz CT molecular complexity index is 411. The molecule has 0 radical (unpaired) electrons. The second kappa shape index (κ2) is 7.01. The largest absolute Gasteiger partial charge is 0.324 e. The van der Waals surface area contributed by atoms with Crippen molar-refractivity contribution in [3.05, 3.63) is 27.1 Å². The van der Waals surface area contributed by atoms with Gasteiger partial charge in [-0.1, -0.05) is 31.1 Å². The summed E-state index contributed by atoms with van der Waals surface area (Å²) in [5.74, 6) is 0.922. The monoisotopic (exact) mass is 282 g/mol. The van der Waals surface area contributed by atoms with Crippen LogP contribution < -0.4 is 5.32 Å². The third-order valence-corrected chi connectivity index (χ3v) is 4.89. The van der Waals surface area contributed by atoms with E-state index >= 15 is 0 Å². The van der Waals surface area contributed by atoms with Crippen LogP contribution in [0.4, 0.5) is 5.00 Å². The van der Waals surface area contributed by atoms with Gasteiger partial charge in [0.05, 0.1) is 4.92 Å². The Hall–Kier alpha value is -0.940. The summed E-state index contributed by atoms with van der Waals surface area (Å²) in [5.41, 5.74) is 1.03. The third kappa shape index (κ3) is 4.28. The molecule has 0 bridgehead atoms. The molecule has 1 aromatic rings. The lowest BCUT2D eigenvalue weighted by atomic mass is 9.83. The number of nitrogens with one attached hydrogen (secondary N) is 1. The zero-order chi connectivity index (χ0) is 13.7. The first-order valence-electron chi connectivity index (χ1n) is 7.14. The van der Waals surface area contributed by atoms with Crippen molar-refractivity contribution in [2.24, 2.45) is 5.92 Å². The molecule has 0 saturated heterocycles. The van der Waals surface area contributed by atoms with Gasteiger partial charge in [0.25, 0.3) is 0 Å². The van der Waals surface area contributed by atoms with Crippen LogP contribution >= 0.6 is 11.3 Å². The molecule has 2 rings (SSSR count). The van der Waals surface area contributed by atoms with Crippen molar-refractivity contribution in [3.63, 3.8) is 0 Å². The highest BCUT2D eigenvalue weighted by molar-refractivity contribution is 7.13. The van der Waals surface area contributed by atoms with Gasteiger partial charge in [0.15, 0.2) is 0 Å². The minimum absolute atomic E-state index is 0.239. The van der Waals surface area contributed by atoms with E-state index in [0.29, 0.717) is 6.04 Å². The maximum Gasteiger partial charge on any atom is 0.324 e. The summed E-state index contributed by atoms with van der Waals surface area (Å²) in [7, 11) is 0. The maximum absolute atomic E-state index is 10.6. The van der Waals surface area contributed by atoms with E-state index in [1.807, 2.05) is 5.38 Å². The van der Waals surface area contributed by atoms with E-state index in [-0.39, 0.29) is 9.92 Å². The molecule has 5 heteroatoms. The number of thiophene rings is 1. The Kier molecular flexibility index (Phi) is 5.34. The summed E-state index contributed by atoms with van der Waals surface area (Å²) in [5, 5.41) is 16.3. The van der Waals surface area contributed by atoms with Crippen molar-refractivity contribution < 1.29 is 4.92 Å². The predicted molar refractivity (Wildman–Crippen MR) is 78.5 cm³/mol. The topological polar surface area (TPSA) is 55.2 Å². The van der Waals surface area contributed by atoms with E-state index in [0.717, 1.165) is 18.0 Å². The van der Waals surface area contributed by atoms with Crippen LogP contribution in [0.25, 0.3) is 0 Å². The molecule has 0 aliphatic heterocycles. The molecule has 1 aliphatic rings. The van der Waals surface area contributed by atoms with Crippen molar-refractivity contribution in [1.82, 2.24) is 5.32 Å². The van der Waals surface area contributed by atoms with Gasteiger partial charge < -0.3 is 5.32 Å². The van der Waals surface area contributed by atoms with Gasteiger partial charge in [-0.2, -0.15) is 0 Å². The van der Waals surface area contributed by atoms with Crippen molar-refractivity contribution in [2.75, 3.05) is 0 Å². The highest BCUT2D eigenvalue weighted by Crippen LogP contribution is 2.28. The molecule has 0 unspecified atom stereocenters. The predicted octanol–water partition coefficient (Wildman–Crippen LogP) is 4.10. The van der Waals surface area contributed by atoms with Crippen molar-refractivity contribution in [2.45, 2.75) is 58.0 Å². The van der Waals surface area contributed by atoms with Gasteiger partial charge in [-0.3, -0.25) is 10.1 Å². The quantitative estimate of drug-likeness (QED) is 0.631. The average Bonchev–Trinajstić information content (AvgIpc) is 2.87. The van der Waals surface area contributed by atoms with Gasteiger partial charge in [-0.15, -0.1) is 0 Å². The van der Waals surface area contributed by atoms with Crippen LogP contribution in [-0.4, -0.2) is 11.0 Å². The van der Waals surface area contributed by atoms with Crippen LogP contribution in [0.15, 0.2) is 11.4 Å². The number of rotatable bonds is 6. The molecule has 1 saturated carbocycles. The smallest absolute Gasteiger partial charge is 0.310 e. The molecule has 4 nitrogen and oxygen atoms in total. The van der Waals surface area contributed by atoms with E-state index in [9.17, 15) is 10.1 Å². The molecular weight excluding hydrogens is 260 g/mol. The summed E-state index contributed by atoms with van der Waals surface area (Å²) in [4.78, 5) is 10.3. The van der Waals surface area contributed by atoms with E-state index in [4.69, 9.17) is 0 Å². The number of nitro groups is 1. The van der Waals surface area contributed by atoms with Crippen LogP contribution in [-0.2, 0) is 6.54 Å². The zero-order valence-corrected chi connectivity index (χ0v) is 12.2. The van der Waals surface area contributed by atoms with Crippen molar-refractivity contribution >= 4 is 16.3 Å². The first kappa shape index (κ1) is 14.5. The minimum atomic E-state index is -0.315. The van der Waals surface area contributed by atoms with Crippen molar-refractivity contribution in [3.8, 4) is 0 Å². The molecule has 0 atom stereocenters. The number of nitrogens with zero attached hydrogens (tertiary/aromatic N) is 1. The second-order valence-corrected chi connectivity index (χ2v) is 6.33. The molecule has 1 aliphatic carbocycles. The fourth-order valence-corrected chi connectivity index (χ4v) is 3.61. The van der Waals surface area contributed by atoms with Gasteiger partial charge in [0, 0.05) is 24.0 Å². The van der Waals surface area contributed by atoms with Crippen LogP contribution in [0.5, 0.6) is 0 Å². The lowest BCUT2D eigenvalue weighted by Gasteiger charge is -2.29. The summed E-state index contributed by atoms with van der Waals surface area (Å²) >= 11 is 1.21. The van der Waals surface area contributed by atoms with Crippen LogP contribution in [0.1, 0.15) is 51.0 Å². The maximum atomic E-state index is 10.6. The number of hydrogen-bond donors (Lipinski definition) is 1. The molecule has 1 heterocycles. The molecule has 1 N–H and O–H groups in total. The van der Waals surface area contributed by atoms with Gasteiger partial charge in [-0.25, -0.2) is 0 Å². The Balaban J connectivity index is 1.72. The Labute approximate surface area is 118 Å². The van der Waals surface area contributed by atoms with E-state index in [1.54, 1.807) is 6.07 Å². The SMILES string of the molecule is CCCC1CCC(NCc2csc([N+](=O)[O-])c2)CC1. The van der Waals surface area contributed by atoms with Crippen LogP contribution in [0, 0.1) is 16.0 Å². The first-order valence-corrected chi connectivity index (χ1v) is 8.02. The normalized spacial score (nSPS) is 23.4. The highest BCUT2D eigenvalue weighted by Gasteiger charge is 2.20. The minimum Gasteiger partial charge on any atom is -0.310 e. The number of hydrogen-bond acceptors (Lipinski definition) is 4. The molecular formula is C14H22N2O2S. The molecule has 1 fully saturated rings. The van der Waals surface area contributed by atoms with Crippen molar-refractivity contribution in [1.29, 1.82) is 0 Å². The van der Waals surface area contributed by atoms with Gasteiger partial charge in [0.1, 0.15) is 0 Å². The summed E-state index contributed by atoms with van der Waals surface area (Å²) < 4.78 is 0. The fraction of sp³-hybridized carbons (Fsp3) is 0.714. The molecule has 1 aromatic heterocycles. The standard InChI is InChI=1S/C14H22N2O2S/c1-2-3-11-4-6-13(7-5-11)15-9-12-8-14(16(17)18)19-10-12/h8,10-11,13,15H,2-7,9H2,1H3.